The topological polar surface area (TPSA) is 58.8 Å². The first-order chi connectivity index (χ1) is 16.1. The number of aromatic nitrogens is 1. The van der Waals surface area contributed by atoms with Crippen molar-refractivity contribution < 1.29 is 14.1 Å². The average Bonchev–Trinajstić information content (AvgIpc) is 3.46. The van der Waals surface area contributed by atoms with E-state index in [0.29, 0.717) is 28.5 Å². The lowest BCUT2D eigenvalue weighted by Crippen LogP contribution is -2.52. The van der Waals surface area contributed by atoms with E-state index in [0.717, 1.165) is 61.1 Å². The Morgan fingerprint density at radius 2 is 1.76 bits per heavy atom. The quantitative estimate of drug-likeness (QED) is 0.442. The highest BCUT2D eigenvalue weighted by Gasteiger charge is 2.46. The second-order valence-electron chi connectivity index (χ2n) is 11.1. The second kappa shape index (κ2) is 9.03. The number of nitrogens with zero attached hydrogens (tertiary/aromatic N) is 3. The van der Waals surface area contributed by atoms with Gasteiger partial charge in [-0.15, -0.1) is 0 Å². The third-order valence-corrected chi connectivity index (χ3v) is 7.94. The Hall–Kier alpha value is -1.76. The number of ether oxygens (including phenoxy) is 1. The Labute approximate surface area is 211 Å². The summed E-state index contributed by atoms with van der Waals surface area (Å²) in [5.74, 6) is 1.39. The van der Waals surface area contributed by atoms with Gasteiger partial charge >= 0.3 is 6.09 Å². The third kappa shape index (κ3) is 4.69. The van der Waals surface area contributed by atoms with Crippen LogP contribution in [0.2, 0.25) is 10.0 Å². The zero-order valence-electron chi connectivity index (χ0n) is 20.3. The highest BCUT2D eigenvalue weighted by atomic mass is 35.5. The highest BCUT2D eigenvalue weighted by Crippen LogP contribution is 2.47. The van der Waals surface area contributed by atoms with Gasteiger partial charge in [-0.25, -0.2) is 4.79 Å². The van der Waals surface area contributed by atoms with Crippen molar-refractivity contribution in [2.75, 3.05) is 7.05 Å². The van der Waals surface area contributed by atoms with Gasteiger partial charge in [0.2, 0.25) is 0 Å². The molecule has 2 unspecified atom stereocenters. The maximum absolute atomic E-state index is 12.8. The Kier molecular flexibility index (Phi) is 6.36. The maximum atomic E-state index is 12.8. The van der Waals surface area contributed by atoms with Crippen LogP contribution in [-0.2, 0) is 11.3 Å². The molecule has 3 aliphatic rings. The van der Waals surface area contributed by atoms with E-state index in [1.54, 1.807) is 0 Å². The van der Waals surface area contributed by atoms with Crippen LogP contribution in [-0.4, -0.2) is 51.8 Å². The molecule has 0 spiro atoms. The SMILES string of the molecule is CN(Cc1c(-c2c(Cl)cccc2Cl)noc1C1CC1)C1CC2CCC(C1)N2C(=O)OC(C)(C)C. The van der Waals surface area contributed by atoms with Crippen LogP contribution in [0, 0.1) is 0 Å². The van der Waals surface area contributed by atoms with Gasteiger partial charge in [-0.1, -0.05) is 34.4 Å². The summed E-state index contributed by atoms with van der Waals surface area (Å²) < 4.78 is 11.6. The van der Waals surface area contributed by atoms with Gasteiger partial charge < -0.3 is 14.2 Å². The summed E-state index contributed by atoms with van der Waals surface area (Å²) in [6.45, 7) is 6.48. The van der Waals surface area contributed by atoms with Crippen molar-refractivity contribution in [2.24, 2.45) is 0 Å². The number of hydrogen-bond acceptors (Lipinski definition) is 5. The van der Waals surface area contributed by atoms with Crippen LogP contribution in [0.4, 0.5) is 4.79 Å². The molecule has 0 radical (unpaired) electrons. The van der Waals surface area contributed by atoms with Gasteiger partial charge in [0.15, 0.2) is 0 Å². The van der Waals surface area contributed by atoms with Gasteiger partial charge in [-0.2, -0.15) is 0 Å². The molecule has 1 amide bonds. The van der Waals surface area contributed by atoms with E-state index in [2.05, 4.69) is 17.1 Å². The van der Waals surface area contributed by atoms with Gasteiger partial charge in [-0.05, 0) is 78.5 Å². The van der Waals surface area contributed by atoms with Crippen molar-refractivity contribution in [3.05, 3.63) is 39.6 Å². The number of carbonyl (C=O) groups excluding carboxylic acids is 1. The van der Waals surface area contributed by atoms with E-state index in [1.165, 1.54) is 0 Å². The summed E-state index contributed by atoms with van der Waals surface area (Å²) in [6.07, 6.45) is 6.04. The molecule has 8 heteroatoms. The summed E-state index contributed by atoms with van der Waals surface area (Å²) >= 11 is 13.1. The lowest BCUT2D eigenvalue weighted by molar-refractivity contribution is -0.00278. The summed E-state index contributed by atoms with van der Waals surface area (Å²) in [6, 6.07) is 6.34. The minimum atomic E-state index is -0.478. The molecular formula is C26H33Cl2N3O3. The fraction of sp³-hybridized carbons (Fsp3) is 0.615. The van der Waals surface area contributed by atoms with E-state index >= 15 is 0 Å². The molecule has 2 aliphatic heterocycles. The maximum Gasteiger partial charge on any atom is 0.410 e. The Balaban J connectivity index is 1.35. The number of halogens is 2. The number of rotatable bonds is 5. The van der Waals surface area contributed by atoms with Crippen molar-refractivity contribution in [3.63, 3.8) is 0 Å². The Morgan fingerprint density at radius 3 is 2.32 bits per heavy atom. The highest BCUT2D eigenvalue weighted by molar-refractivity contribution is 6.39. The normalized spacial score (nSPS) is 24.7. The van der Waals surface area contributed by atoms with Crippen LogP contribution in [0.1, 0.15) is 76.5 Å². The van der Waals surface area contributed by atoms with Crippen LogP contribution >= 0.6 is 23.2 Å². The van der Waals surface area contributed by atoms with E-state index in [-0.39, 0.29) is 18.2 Å². The van der Waals surface area contributed by atoms with E-state index in [9.17, 15) is 4.79 Å². The molecular weight excluding hydrogens is 473 g/mol. The lowest BCUT2D eigenvalue weighted by atomic mass is 9.95. The molecule has 2 bridgehead atoms. The van der Waals surface area contributed by atoms with Crippen LogP contribution in [0.25, 0.3) is 11.3 Å². The molecule has 184 valence electrons. The van der Waals surface area contributed by atoms with Gasteiger partial charge in [0.05, 0.1) is 10.0 Å². The predicted molar refractivity (Wildman–Crippen MR) is 133 cm³/mol. The number of benzene rings is 1. The van der Waals surface area contributed by atoms with Crippen molar-refractivity contribution in [2.45, 2.75) is 95.5 Å². The first kappa shape index (κ1) is 24.0. The van der Waals surface area contributed by atoms with Crippen molar-refractivity contribution in [1.82, 2.24) is 15.0 Å². The zero-order valence-corrected chi connectivity index (χ0v) is 21.8. The average molecular weight is 506 g/mol. The lowest BCUT2D eigenvalue weighted by Gasteiger charge is -2.42. The first-order valence-electron chi connectivity index (χ1n) is 12.3. The standard InChI is InChI=1S/C26H33Cl2N3O3/c1-26(2,3)33-25(32)31-16-10-11-17(31)13-18(12-16)30(4)14-19-23(29-34-24(19)15-8-9-15)22-20(27)6-5-7-21(22)28/h5-7,15-18H,8-14H2,1-4H3. The largest absolute Gasteiger partial charge is 0.444 e. The minimum absolute atomic E-state index is 0.174. The molecule has 1 aromatic heterocycles. The summed E-state index contributed by atoms with van der Waals surface area (Å²) in [4.78, 5) is 17.2. The minimum Gasteiger partial charge on any atom is -0.444 e. The van der Waals surface area contributed by atoms with Crippen LogP contribution in [0.15, 0.2) is 22.7 Å². The molecule has 1 aromatic carbocycles. The van der Waals surface area contributed by atoms with E-state index in [1.807, 2.05) is 43.9 Å². The molecule has 34 heavy (non-hydrogen) atoms. The molecule has 2 aromatic rings. The Morgan fingerprint density at radius 1 is 1.15 bits per heavy atom. The van der Waals surface area contributed by atoms with Crippen molar-refractivity contribution in [3.8, 4) is 11.3 Å². The summed E-state index contributed by atoms with van der Waals surface area (Å²) in [5.41, 5.74) is 2.10. The molecule has 6 nitrogen and oxygen atoms in total. The molecule has 2 saturated heterocycles. The molecule has 5 rings (SSSR count). The smallest absolute Gasteiger partial charge is 0.410 e. The van der Waals surface area contributed by atoms with Crippen LogP contribution in [0.3, 0.4) is 0 Å². The van der Waals surface area contributed by atoms with Crippen molar-refractivity contribution in [1.29, 1.82) is 0 Å². The Bertz CT molecular complexity index is 1040. The number of amides is 1. The molecule has 2 atom stereocenters. The molecule has 1 aliphatic carbocycles. The zero-order chi connectivity index (χ0) is 24.2. The van der Waals surface area contributed by atoms with Crippen molar-refractivity contribution >= 4 is 29.3 Å². The van der Waals surface area contributed by atoms with Gasteiger partial charge in [0, 0.05) is 41.7 Å². The van der Waals surface area contributed by atoms with Gasteiger partial charge in [-0.3, -0.25) is 4.90 Å². The fourth-order valence-corrected chi connectivity index (χ4v) is 6.14. The predicted octanol–water partition coefficient (Wildman–Crippen LogP) is 6.89. The third-order valence-electron chi connectivity index (χ3n) is 7.31. The van der Waals surface area contributed by atoms with Crippen LogP contribution < -0.4 is 0 Å². The van der Waals surface area contributed by atoms with Gasteiger partial charge in [0.25, 0.3) is 0 Å². The van der Waals surface area contributed by atoms with E-state index in [4.69, 9.17) is 32.5 Å². The monoisotopic (exact) mass is 505 g/mol. The number of piperidine rings is 1. The van der Waals surface area contributed by atoms with E-state index < -0.39 is 5.60 Å². The molecule has 3 fully saturated rings. The first-order valence-corrected chi connectivity index (χ1v) is 13.0. The number of carbonyl (C=O) groups is 1. The second-order valence-corrected chi connectivity index (χ2v) is 11.9. The molecule has 0 N–H and O–H groups in total. The molecule has 1 saturated carbocycles. The molecule has 3 heterocycles. The summed E-state index contributed by atoms with van der Waals surface area (Å²) in [5, 5.41) is 5.60. The van der Waals surface area contributed by atoms with Crippen LogP contribution in [0.5, 0.6) is 0 Å². The number of fused-ring (bicyclic) bond motifs is 2. The number of hydrogen-bond donors (Lipinski definition) is 0. The summed E-state index contributed by atoms with van der Waals surface area (Å²) in [7, 11) is 2.16. The fourth-order valence-electron chi connectivity index (χ4n) is 5.56. The van der Waals surface area contributed by atoms with Gasteiger partial charge in [0.1, 0.15) is 17.1 Å².